The van der Waals surface area contributed by atoms with E-state index >= 15 is 0 Å². The Morgan fingerprint density at radius 3 is 2.07 bits per heavy atom. The second-order valence-electron chi connectivity index (χ2n) is 2.36. The van der Waals surface area contributed by atoms with Crippen LogP contribution in [-0.4, -0.2) is 5.43 Å². The van der Waals surface area contributed by atoms with Gasteiger partial charge in [0.25, 0.3) is 0 Å². The number of carbonyl (C=O) groups excluding carboxylic acids is 1. The summed E-state index contributed by atoms with van der Waals surface area (Å²) in [4.78, 5) is 10.2. The van der Waals surface area contributed by atoms with E-state index in [0.29, 0.717) is 0 Å². The van der Waals surface area contributed by atoms with E-state index in [1.807, 2.05) is 0 Å². The van der Waals surface area contributed by atoms with Crippen LogP contribution < -0.4 is 4.74 Å². The lowest BCUT2D eigenvalue weighted by molar-refractivity contribution is -0.137. The van der Waals surface area contributed by atoms with Gasteiger partial charge in [0.2, 0.25) is 0 Å². The molecule has 0 saturated carbocycles. The van der Waals surface area contributed by atoms with Crippen LogP contribution in [-0.2, 0) is 6.18 Å². The van der Waals surface area contributed by atoms with Gasteiger partial charge in [0.05, 0.1) is 5.56 Å². The van der Waals surface area contributed by atoms with Gasteiger partial charge in [-0.15, -0.1) is 0 Å². The Morgan fingerprint density at radius 1 is 1.21 bits per heavy atom. The fraction of sp³-hybridized carbons (Fsp3) is 0.125. The number of halogens is 4. The molecule has 0 fully saturated rings. The quantitative estimate of drug-likeness (QED) is 0.683. The van der Waals surface area contributed by atoms with E-state index in [1.54, 1.807) is 0 Å². The van der Waals surface area contributed by atoms with Crippen molar-refractivity contribution in [2.45, 2.75) is 6.18 Å². The Bertz CT molecular complexity index is 331. The summed E-state index contributed by atoms with van der Waals surface area (Å²) in [5, 5.41) is 0. The second kappa shape index (κ2) is 3.88. The molecule has 0 radical (unpaired) electrons. The van der Waals surface area contributed by atoms with Crippen molar-refractivity contribution >= 4 is 17.0 Å². The van der Waals surface area contributed by atoms with Gasteiger partial charge in [0.1, 0.15) is 5.75 Å². The molecule has 6 heteroatoms. The summed E-state index contributed by atoms with van der Waals surface area (Å²) in [5.74, 6) is -0.0296. The van der Waals surface area contributed by atoms with Gasteiger partial charge in [-0.2, -0.15) is 13.2 Å². The van der Waals surface area contributed by atoms with Crippen LogP contribution in [0.3, 0.4) is 0 Å². The summed E-state index contributed by atoms with van der Waals surface area (Å²) in [6.45, 7) is 0. The van der Waals surface area contributed by atoms with Gasteiger partial charge in [-0.1, -0.05) is 0 Å². The molecule has 0 aliphatic heterocycles. The molecule has 0 unspecified atom stereocenters. The lowest BCUT2D eigenvalue weighted by Gasteiger charge is -2.06. The monoisotopic (exact) mass is 224 g/mol. The van der Waals surface area contributed by atoms with Gasteiger partial charge in [-0.3, -0.25) is 0 Å². The molecule has 0 saturated heterocycles. The molecule has 0 aliphatic rings. The van der Waals surface area contributed by atoms with Gasteiger partial charge in [0, 0.05) is 11.6 Å². The highest BCUT2D eigenvalue weighted by atomic mass is 35.5. The molecule has 1 rings (SSSR count). The molecule has 1 aromatic rings. The van der Waals surface area contributed by atoms with Crippen molar-refractivity contribution in [1.29, 1.82) is 0 Å². The summed E-state index contributed by atoms with van der Waals surface area (Å²) >= 11 is 4.86. The summed E-state index contributed by atoms with van der Waals surface area (Å²) in [5.41, 5.74) is -1.91. The van der Waals surface area contributed by atoms with Crippen molar-refractivity contribution in [2.75, 3.05) is 0 Å². The first kappa shape index (κ1) is 10.8. The minimum Gasteiger partial charge on any atom is -0.415 e. The molecule has 0 aliphatic carbocycles. The van der Waals surface area contributed by atoms with Crippen molar-refractivity contribution in [1.82, 2.24) is 0 Å². The summed E-state index contributed by atoms with van der Waals surface area (Å²) in [6, 6.07) is 3.64. The third-order valence-electron chi connectivity index (χ3n) is 1.38. The summed E-state index contributed by atoms with van der Waals surface area (Å²) in [7, 11) is 0. The Hall–Kier alpha value is -1.23. The molecule has 76 valence electrons. The second-order valence-corrected chi connectivity index (χ2v) is 2.67. The molecule has 0 amide bonds. The van der Waals surface area contributed by atoms with Gasteiger partial charge >= 0.3 is 11.6 Å². The van der Waals surface area contributed by atoms with E-state index in [0.717, 1.165) is 24.3 Å². The summed E-state index contributed by atoms with van der Waals surface area (Å²) < 4.78 is 40.5. The Morgan fingerprint density at radius 2 is 1.71 bits per heavy atom. The largest absolute Gasteiger partial charge is 0.416 e. The minimum atomic E-state index is -4.40. The number of carbonyl (C=O) groups is 1. The standard InChI is InChI=1S/C8H4ClF3O2/c9-7(13)14-6-3-1-5(2-4-6)8(10,11)12/h1-4H. The molecule has 1 aromatic carbocycles. The van der Waals surface area contributed by atoms with Crippen LogP contribution in [0.25, 0.3) is 0 Å². The van der Waals surface area contributed by atoms with Crippen molar-refractivity contribution in [3.05, 3.63) is 29.8 Å². The van der Waals surface area contributed by atoms with Crippen LogP contribution in [0.1, 0.15) is 5.56 Å². The number of rotatable bonds is 1. The van der Waals surface area contributed by atoms with Gasteiger partial charge in [0.15, 0.2) is 0 Å². The van der Waals surface area contributed by atoms with Crippen LogP contribution in [0.15, 0.2) is 24.3 Å². The molecule has 0 spiro atoms. The molecule has 2 nitrogen and oxygen atoms in total. The van der Waals surface area contributed by atoms with Gasteiger partial charge < -0.3 is 4.74 Å². The lowest BCUT2D eigenvalue weighted by Crippen LogP contribution is -2.04. The molecule has 0 aromatic heterocycles. The van der Waals surface area contributed by atoms with Crippen LogP contribution in [0.5, 0.6) is 5.75 Å². The fourth-order valence-electron chi connectivity index (χ4n) is 0.805. The SMILES string of the molecule is O=C(Cl)Oc1ccc(C(F)(F)F)cc1. The molecular weight excluding hydrogens is 221 g/mol. The third kappa shape index (κ3) is 2.92. The van der Waals surface area contributed by atoms with Crippen molar-refractivity contribution in [3.8, 4) is 5.75 Å². The molecular formula is C8H4ClF3O2. The Labute approximate surface area is 82.2 Å². The highest BCUT2D eigenvalue weighted by Crippen LogP contribution is 2.30. The van der Waals surface area contributed by atoms with E-state index < -0.39 is 17.2 Å². The first-order valence-electron chi connectivity index (χ1n) is 3.44. The average molecular weight is 225 g/mol. The zero-order valence-electron chi connectivity index (χ0n) is 6.64. The van der Waals surface area contributed by atoms with Gasteiger partial charge in [-0.05, 0) is 24.3 Å². The van der Waals surface area contributed by atoms with E-state index in [1.165, 1.54) is 0 Å². The fourth-order valence-corrected chi connectivity index (χ4v) is 0.894. The lowest BCUT2D eigenvalue weighted by atomic mass is 10.2. The highest BCUT2D eigenvalue weighted by molar-refractivity contribution is 6.61. The minimum absolute atomic E-state index is 0.0296. The van der Waals surface area contributed by atoms with Crippen LogP contribution in [0, 0.1) is 0 Å². The van der Waals surface area contributed by atoms with E-state index in [2.05, 4.69) is 4.74 Å². The van der Waals surface area contributed by atoms with Crippen molar-refractivity contribution in [3.63, 3.8) is 0 Å². The smallest absolute Gasteiger partial charge is 0.415 e. The number of hydrogen-bond donors (Lipinski definition) is 0. The zero-order chi connectivity index (χ0) is 10.8. The van der Waals surface area contributed by atoms with Crippen LogP contribution >= 0.6 is 11.6 Å². The summed E-state index contributed by atoms with van der Waals surface area (Å²) in [6.07, 6.45) is -4.40. The Kier molecular flexibility index (Phi) is 3.00. The predicted octanol–water partition coefficient (Wildman–Crippen LogP) is 3.44. The van der Waals surface area contributed by atoms with Gasteiger partial charge in [-0.25, -0.2) is 4.79 Å². The maximum Gasteiger partial charge on any atom is 0.416 e. The number of ether oxygens (including phenoxy) is 1. The maximum atomic E-state index is 12.0. The number of hydrogen-bond acceptors (Lipinski definition) is 2. The number of alkyl halides is 3. The number of benzene rings is 1. The first-order chi connectivity index (χ1) is 6.39. The predicted molar refractivity (Wildman–Crippen MR) is 43.3 cm³/mol. The third-order valence-corrected chi connectivity index (χ3v) is 1.46. The van der Waals surface area contributed by atoms with Crippen molar-refractivity contribution < 1.29 is 22.7 Å². The topological polar surface area (TPSA) is 26.3 Å². The van der Waals surface area contributed by atoms with E-state index in [-0.39, 0.29) is 5.75 Å². The van der Waals surface area contributed by atoms with E-state index in [9.17, 15) is 18.0 Å². The van der Waals surface area contributed by atoms with E-state index in [4.69, 9.17) is 11.6 Å². The maximum absolute atomic E-state index is 12.0. The molecule has 14 heavy (non-hydrogen) atoms. The molecule has 0 bridgehead atoms. The average Bonchev–Trinajstić information content (AvgIpc) is 2.02. The zero-order valence-corrected chi connectivity index (χ0v) is 7.39. The first-order valence-corrected chi connectivity index (χ1v) is 3.82. The molecule has 0 N–H and O–H groups in total. The van der Waals surface area contributed by atoms with Crippen molar-refractivity contribution in [2.24, 2.45) is 0 Å². The van der Waals surface area contributed by atoms with Crippen LogP contribution in [0.2, 0.25) is 0 Å². The Balaban J connectivity index is 2.84. The van der Waals surface area contributed by atoms with Crippen LogP contribution in [0.4, 0.5) is 18.0 Å². The highest BCUT2D eigenvalue weighted by Gasteiger charge is 2.30. The molecule has 0 heterocycles. The molecule has 0 atom stereocenters. The normalized spacial score (nSPS) is 11.1.